The summed E-state index contributed by atoms with van der Waals surface area (Å²) in [5.74, 6) is 0.0797. The summed E-state index contributed by atoms with van der Waals surface area (Å²) in [6.07, 6.45) is 7.07. The van der Waals surface area contributed by atoms with E-state index in [2.05, 4.69) is 11.8 Å². The molecule has 1 amide bonds. The SMILES string of the molecule is CCC(=O)N(/C=C\O)C1CCN(C2(C)CCOCC2)CC1. The summed E-state index contributed by atoms with van der Waals surface area (Å²) >= 11 is 0. The lowest BCUT2D eigenvalue weighted by molar-refractivity contribution is -0.131. The van der Waals surface area contributed by atoms with E-state index in [0.717, 1.165) is 58.2 Å². The average molecular weight is 296 g/mol. The molecule has 0 unspecified atom stereocenters. The fraction of sp³-hybridized carbons (Fsp3) is 0.812. The molecule has 5 nitrogen and oxygen atoms in total. The first-order valence-electron chi connectivity index (χ1n) is 8.05. The fourth-order valence-electron chi connectivity index (χ4n) is 3.47. The molecule has 2 heterocycles. The number of aliphatic hydroxyl groups is 1. The molecule has 0 aromatic carbocycles. The number of hydrogen-bond donors (Lipinski definition) is 1. The Hall–Kier alpha value is -1.07. The Bertz CT molecular complexity index is 370. The highest BCUT2D eigenvalue weighted by molar-refractivity contribution is 5.77. The van der Waals surface area contributed by atoms with Crippen molar-refractivity contribution in [2.75, 3.05) is 26.3 Å². The average Bonchev–Trinajstić information content (AvgIpc) is 2.53. The van der Waals surface area contributed by atoms with Gasteiger partial charge in [-0.3, -0.25) is 9.69 Å². The van der Waals surface area contributed by atoms with E-state index in [1.807, 2.05) is 6.92 Å². The minimum Gasteiger partial charge on any atom is -0.514 e. The highest BCUT2D eigenvalue weighted by atomic mass is 16.5. The number of piperidine rings is 1. The van der Waals surface area contributed by atoms with Gasteiger partial charge in [-0.05, 0) is 32.6 Å². The van der Waals surface area contributed by atoms with Crippen LogP contribution in [-0.4, -0.2) is 58.7 Å². The largest absolute Gasteiger partial charge is 0.514 e. The maximum Gasteiger partial charge on any atom is 0.226 e. The maximum atomic E-state index is 12.0. The molecular formula is C16H28N2O3. The molecule has 2 fully saturated rings. The first-order chi connectivity index (χ1) is 10.1. The van der Waals surface area contributed by atoms with Gasteiger partial charge in [0.2, 0.25) is 5.91 Å². The summed E-state index contributed by atoms with van der Waals surface area (Å²) in [5, 5.41) is 9.01. The van der Waals surface area contributed by atoms with E-state index in [4.69, 9.17) is 9.84 Å². The number of carbonyl (C=O) groups excluding carboxylic acids is 1. The minimum atomic E-state index is 0.0797. The summed E-state index contributed by atoms with van der Waals surface area (Å²) in [4.78, 5) is 16.3. The molecular weight excluding hydrogens is 268 g/mol. The van der Waals surface area contributed by atoms with Crippen LogP contribution in [0.3, 0.4) is 0 Å². The molecule has 0 spiro atoms. The van der Waals surface area contributed by atoms with Gasteiger partial charge in [-0.15, -0.1) is 0 Å². The van der Waals surface area contributed by atoms with Crippen molar-refractivity contribution in [2.45, 2.75) is 57.5 Å². The van der Waals surface area contributed by atoms with Gasteiger partial charge in [-0.1, -0.05) is 6.92 Å². The van der Waals surface area contributed by atoms with E-state index in [9.17, 15) is 4.79 Å². The quantitative estimate of drug-likeness (QED) is 0.809. The summed E-state index contributed by atoms with van der Waals surface area (Å²) in [6.45, 7) is 7.91. The van der Waals surface area contributed by atoms with Crippen LogP contribution in [0.25, 0.3) is 0 Å². The van der Waals surface area contributed by atoms with Crippen LogP contribution < -0.4 is 0 Å². The molecule has 0 bridgehead atoms. The van der Waals surface area contributed by atoms with E-state index < -0.39 is 0 Å². The molecule has 0 atom stereocenters. The van der Waals surface area contributed by atoms with Crippen LogP contribution in [0.4, 0.5) is 0 Å². The van der Waals surface area contributed by atoms with Crippen molar-refractivity contribution in [3.63, 3.8) is 0 Å². The highest BCUT2D eigenvalue weighted by Gasteiger charge is 2.37. The van der Waals surface area contributed by atoms with Gasteiger partial charge in [-0.2, -0.15) is 0 Å². The summed E-state index contributed by atoms with van der Waals surface area (Å²) in [7, 11) is 0. The third-order valence-corrected chi connectivity index (χ3v) is 5.01. The molecule has 0 radical (unpaired) electrons. The first kappa shape index (κ1) is 16.3. The summed E-state index contributed by atoms with van der Waals surface area (Å²) in [6, 6.07) is 0.209. The van der Waals surface area contributed by atoms with E-state index in [0.29, 0.717) is 6.42 Å². The molecule has 2 aliphatic heterocycles. The molecule has 1 N–H and O–H groups in total. The van der Waals surface area contributed by atoms with Crippen molar-refractivity contribution in [3.05, 3.63) is 12.5 Å². The lowest BCUT2D eigenvalue weighted by Gasteiger charge is -2.48. The van der Waals surface area contributed by atoms with Crippen molar-refractivity contribution in [1.82, 2.24) is 9.80 Å². The van der Waals surface area contributed by atoms with E-state index >= 15 is 0 Å². The molecule has 0 aromatic rings. The van der Waals surface area contributed by atoms with Gasteiger partial charge in [0, 0.05) is 50.5 Å². The van der Waals surface area contributed by atoms with E-state index in [1.54, 1.807) is 4.90 Å². The van der Waals surface area contributed by atoms with E-state index in [1.165, 1.54) is 6.20 Å². The van der Waals surface area contributed by atoms with Gasteiger partial charge in [0.25, 0.3) is 0 Å². The third-order valence-electron chi connectivity index (χ3n) is 5.01. The van der Waals surface area contributed by atoms with Crippen molar-refractivity contribution >= 4 is 5.91 Å². The Balaban J connectivity index is 1.94. The van der Waals surface area contributed by atoms with Gasteiger partial charge in [0.05, 0.1) is 6.26 Å². The smallest absolute Gasteiger partial charge is 0.226 e. The molecule has 0 aromatic heterocycles. The summed E-state index contributed by atoms with van der Waals surface area (Å²) in [5.41, 5.74) is 0.246. The van der Waals surface area contributed by atoms with Crippen LogP contribution >= 0.6 is 0 Å². The predicted octanol–water partition coefficient (Wildman–Crippen LogP) is 2.29. The van der Waals surface area contributed by atoms with Gasteiger partial charge < -0.3 is 14.7 Å². The second-order valence-electron chi connectivity index (χ2n) is 6.28. The molecule has 0 saturated carbocycles. The second kappa shape index (κ2) is 7.27. The lowest BCUT2D eigenvalue weighted by Crippen LogP contribution is -2.55. The number of hydrogen-bond acceptors (Lipinski definition) is 4. The Morgan fingerprint density at radius 1 is 1.38 bits per heavy atom. The number of likely N-dealkylation sites (tertiary alicyclic amines) is 1. The van der Waals surface area contributed by atoms with Gasteiger partial charge in [-0.25, -0.2) is 0 Å². The molecule has 2 saturated heterocycles. The highest BCUT2D eigenvalue weighted by Crippen LogP contribution is 2.31. The lowest BCUT2D eigenvalue weighted by atomic mass is 9.87. The minimum absolute atomic E-state index is 0.0797. The van der Waals surface area contributed by atoms with Crippen LogP contribution in [0, 0.1) is 0 Å². The van der Waals surface area contributed by atoms with Crippen LogP contribution in [0.2, 0.25) is 0 Å². The normalized spacial score (nSPS) is 24.3. The third kappa shape index (κ3) is 3.77. The number of carbonyl (C=O) groups is 1. The topological polar surface area (TPSA) is 53.0 Å². The molecule has 2 aliphatic rings. The Morgan fingerprint density at radius 3 is 2.52 bits per heavy atom. The Kier molecular flexibility index (Phi) is 5.65. The van der Waals surface area contributed by atoms with Crippen molar-refractivity contribution in [3.8, 4) is 0 Å². The fourth-order valence-corrected chi connectivity index (χ4v) is 3.47. The molecule has 5 heteroatoms. The standard InChI is InChI=1S/C16H28N2O3/c1-3-15(20)18(10-11-19)14-4-8-17(9-5-14)16(2)6-12-21-13-7-16/h10-11,14,19H,3-9,12-13H2,1-2H3/b11-10-. The number of amides is 1. The molecule has 120 valence electrons. The Morgan fingerprint density at radius 2 is 2.00 bits per heavy atom. The van der Waals surface area contributed by atoms with Crippen molar-refractivity contribution in [1.29, 1.82) is 0 Å². The summed E-state index contributed by atoms with van der Waals surface area (Å²) < 4.78 is 5.48. The van der Waals surface area contributed by atoms with Crippen LogP contribution in [-0.2, 0) is 9.53 Å². The molecule has 0 aliphatic carbocycles. The number of nitrogens with zero attached hydrogens (tertiary/aromatic N) is 2. The van der Waals surface area contributed by atoms with E-state index in [-0.39, 0.29) is 17.5 Å². The predicted molar refractivity (Wildman–Crippen MR) is 82.0 cm³/mol. The monoisotopic (exact) mass is 296 g/mol. The van der Waals surface area contributed by atoms with Gasteiger partial charge >= 0.3 is 0 Å². The molecule has 2 rings (SSSR count). The first-order valence-corrected chi connectivity index (χ1v) is 8.05. The molecule has 21 heavy (non-hydrogen) atoms. The second-order valence-corrected chi connectivity index (χ2v) is 6.28. The number of aliphatic hydroxyl groups excluding tert-OH is 1. The number of rotatable bonds is 4. The van der Waals surface area contributed by atoms with Gasteiger partial charge in [0.15, 0.2) is 0 Å². The van der Waals surface area contributed by atoms with Crippen LogP contribution in [0.15, 0.2) is 12.5 Å². The Labute approximate surface area is 127 Å². The zero-order valence-electron chi connectivity index (χ0n) is 13.3. The maximum absolute atomic E-state index is 12.0. The van der Waals surface area contributed by atoms with Crippen molar-refractivity contribution < 1.29 is 14.6 Å². The van der Waals surface area contributed by atoms with Crippen LogP contribution in [0.5, 0.6) is 0 Å². The van der Waals surface area contributed by atoms with Crippen molar-refractivity contribution in [2.24, 2.45) is 0 Å². The van der Waals surface area contributed by atoms with Crippen LogP contribution in [0.1, 0.15) is 46.0 Å². The zero-order chi connectivity index (χ0) is 15.3. The van der Waals surface area contributed by atoms with Gasteiger partial charge in [0.1, 0.15) is 0 Å². The zero-order valence-corrected chi connectivity index (χ0v) is 13.3. The number of ether oxygens (including phenoxy) is 1.